The lowest BCUT2D eigenvalue weighted by molar-refractivity contribution is -0.137. The van der Waals surface area contributed by atoms with Crippen LogP contribution in [0.3, 0.4) is 0 Å². The number of benzene rings is 2. The maximum absolute atomic E-state index is 12.5. The third-order valence-electron chi connectivity index (χ3n) is 3.22. The van der Waals surface area contributed by atoms with Crippen LogP contribution in [0.4, 0.5) is 18.9 Å². The van der Waals surface area contributed by atoms with Crippen LogP contribution in [0.15, 0.2) is 56.8 Å². The molecular formula is C15H11BrF3NS. The molecule has 21 heavy (non-hydrogen) atoms. The van der Waals surface area contributed by atoms with Crippen molar-refractivity contribution < 1.29 is 13.2 Å². The number of aliphatic imine (C=N–C) groups is 1. The Morgan fingerprint density at radius 3 is 2.43 bits per heavy atom. The molecule has 0 aliphatic carbocycles. The highest BCUT2D eigenvalue weighted by Gasteiger charge is 2.30. The second-order valence-corrected chi connectivity index (χ2v) is 7.58. The maximum Gasteiger partial charge on any atom is 0.416 e. The molecule has 0 radical (unpaired) electrons. The minimum atomic E-state index is -4.28. The van der Waals surface area contributed by atoms with Crippen molar-refractivity contribution in [2.45, 2.75) is 16.8 Å². The van der Waals surface area contributed by atoms with Gasteiger partial charge in [-0.3, -0.25) is 4.99 Å². The number of thiol groups is 1. The van der Waals surface area contributed by atoms with Gasteiger partial charge in [-0.25, -0.2) is 0 Å². The molecule has 110 valence electrons. The molecule has 1 nitrogen and oxygen atoms in total. The molecule has 0 amide bonds. The Kier molecular flexibility index (Phi) is 3.84. The SMILES string of the molecule is FC(F)(F)c1ccc(C[SH]2C=Nc3ccc(Br)cc32)cc1. The van der Waals surface area contributed by atoms with Gasteiger partial charge in [-0.05, 0) is 35.9 Å². The van der Waals surface area contributed by atoms with E-state index in [0.29, 0.717) is 5.75 Å². The largest absolute Gasteiger partial charge is 0.416 e. The highest BCUT2D eigenvalue weighted by atomic mass is 79.9. The zero-order chi connectivity index (χ0) is 15.0. The van der Waals surface area contributed by atoms with Crippen LogP contribution in [-0.4, -0.2) is 5.55 Å². The first kappa shape index (κ1) is 14.7. The fourth-order valence-corrected chi connectivity index (χ4v) is 4.67. The number of hydrogen-bond donors (Lipinski definition) is 1. The topological polar surface area (TPSA) is 12.4 Å². The van der Waals surface area contributed by atoms with Crippen LogP contribution in [0, 0.1) is 0 Å². The molecule has 1 aliphatic heterocycles. The molecule has 1 aliphatic rings. The quantitative estimate of drug-likeness (QED) is 0.648. The van der Waals surface area contributed by atoms with E-state index in [1.807, 2.05) is 23.7 Å². The molecule has 0 aromatic heterocycles. The smallest absolute Gasteiger partial charge is 0.250 e. The lowest BCUT2D eigenvalue weighted by Crippen LogP contribution is -2.04. The molecule has 3 rings (SSSR count). The molecule has 1 heterocycles. The molecule has 2 aromatic carbocycles. The summed E-state index contributed by atoms with van der Waals surface area (Å²) in [6, 6.07) is 11.3. The Balaban J connectivity index is 1.80. The molecule has 0 fully saturated rings. The van der Waals surface area contributed by atoms with Crippen LogP contribution in [0.25, 0.3) is 0 Å². The van der Waals surface area contributed by atoms with E-state index < -0.39 is 22.6 Å². The van der Waals surface area contributed by atoms with Gasteiger partial charge in [0.1, 0.15) is 0 Å². The predicted octanol–water partition coefficient (Wildman–Crippen LogP) is 5.70. The van der Waals surface area contributed by atoms with Crippen LogP contribution in [0.1, 0.15) is 11.1 Å². The Labute approximate surface area is 131 Å². The minimum Gasteiger partial charge on any atom is -0.250 e. The summed E-state index contributed by atoms with van der Waals surface area (Å²) in [5.74, 6) is 0.709. The minimum absolute atomic E-state index is 0.594. The van der Waals surface area contributed by atoms with Crippen molar-refractivity contribution in [2.75, 3.05) is 0 Å². The lowest BCUT2D eigenvalue weighted by atomic mass is 10.1. The zero-order valence-corrected chi connectivity index (χ0v) is 13.2. The third kappa shape index (κ3) is 3.16. The first-order chi connectivity index (χ1) is 9.93. The van der Waals surface area contributed by atoms with E-state index in [9.17, 15) is 13.2 Å². The van der Waals surface area contributed by atoms with Crippen LogP contribution in [0.5, 0.6) is 0 Å². The van der Waals surface area contributed by atoms with E-state index in [-0.39, 0.29) is 0 Å². The molecule has 0 saturated heterocycles. The van der Waals surface area contributed by atoms with Gasteiger partial charge in [-0.2, -0.15) is 24.1 Å². The van der Waals surface area contributed by atoms with Gasteiger partial charge in [0.05, 0.1) is 11.3 Å². The fraction of sp³-hybridized carbons (Fsp3) is 0.133. The van der Waals surface area contributed by atoms with Crippen LogP contribution in [0.2, 0.25) is 0 Å². The summed E-state index contributed by atoms with van der Waals surface area (Å²) in [5.41, 5.74) is 3.16. The van der Waals surface area contributed by atoms with Gasteiger partial charge in [-0.15, -0.1) is 0 Å². The standard InChI is InChI=1S/C15H11BrF3NS/c16-12-5-6-13-14(7-12)21(9-20-13)8-10-1-3-11(4-2-10)15(17,18)19/h1-7,9,21H,8H2. The van der Waals surface area contributed by atoms with Gasteiger partial charge in [-0.1, -0.05) is 28.1 Å². The molecule has 1 unspecified atom stereocenters. The summed E-state index contributed by atoms with van der Waals surface area (Å²) in [6.45, 7) is 0. The van der Waals surface area contributed by atoms with Crippen molar-refractivity contribution in [3.05, 3.63) is 58.1 Å². The van der Waals surface area contributed by atoms with Crippen molar-refractivity contribution in [1.29, 1.82) is 0 Å². The molecule has 0 saturated carbocycles. The van der Waals surface area contributed by atoms with E-state index >= 15 is 0 Å². The zero-order valence-electron chi connectivity index (χ0n) is 10.7. The van der Waals surface area contributed by atoms with Gasteiger partial charge in [0, 0.05) is 20.7 Å². The highest BCUT2D eigenvalue weighted by molar-refractivity contribution is 9.10. The molecule has 1 atom stereocenters. The van der Waals surface area contributed by atoms with Gasteiger partial charge >= 0.3 is 6.18 Å². The molecule has 2 aromatic rings. The second-order valence-electron chi connectivity index (χ2n) is 4.70. The summed E-state index contributed by atoms with van der Waals surface area (Å²) >= 11 is 3.44. The lowest BCUT2D eigenvalue weighted by Gasteiger charge is -2.15. The number of nitrogens with zero attached hydrogens (tertiary/aromatic N) is 1. The van der Waals surface area contributed by atoms with Crippen LogP contribution < -0.4 is 0 Å². The van der Waals surface area contributed by atoms with E-state index in [0.717, 1.165) is 27.9 Å². The van der Waals surface area contributed by atoms with Crippen molar-refractivity contribution in [1.82, 2.24) is 0 Å². The Morgan fingerprint density at radius 2 is 1.76 bits per heavy atom. The maximum atomic E-state index is 12.5. The normalized spacial score (nSPS) is 18.8. The number of rotatable bonds is 2. The van der Waals surface area contributed by atoms with Crippen molar-refractivity contribution in [3.8, 4) is 0 Å². The number of halogens is 4. The van der Waals surface area contributed by atoms with Gasteiger partial charge < -0.3 is 0 Å². The van der Waals surface area contributed by atoms with Crippen molar-refractivity contribution in [2.24, 2.45) is 4.99 Å². The van der Waals surface area contributed by atoms with E-state index in [4.69, 9.17) is 0 Å². The Morgan fingerprint density at radius 1 is 1.05 bits per heavy atom. The Bertz CT molecular complexity index is 695. The average Bonchev–Trinajstić information content (AvgIpc) is 2.81. The second kappa shape index (κ2) is 5.50. The van der Waals surface area contributed by atoms with E-state index in [1.165, 1.54) is 4.90 Å². The fourth-order valence-electron chi connectivity index (χ4n) is 2.15. The monoisotopic (exact) mass is 373 g/mol. The van der Waals surface area contributed by atoms with E-state index in [2.05, 4.69) is 20.9 Å². The molecule has 0 spiro atoms. The summed E-state index contributed by atoms with van der Waals surface area (Å²) in [4.78, 5) is 5.54. The summed E-state index contributed by atoms with van der Waals surface area (Å²) in [6.07, 6.45) is -4.28. The van der Waals surface area contributed by atoms with Crippen molar-refractivity contribution >= 4 is 38.1 Å². The highest BCUT2D eigenvalue weighted by Crippen LogP contribution is 2.48. The number of fused-ring (bicyclic) bond motifs is 1. The summed E-state index contributed by atoms with van der Waals surface area (Å²) in [7, 11) is -0.594. The molecule has 6 heteroatoms. The first-order valence-corrected chi connectivity index (χ1v) is 8.59. The van der Waals surface area contributed by atoms with E-state index in [1.54, 1.807) is 12.1 Å². The van der Waals surface area contributed by atoms with Gasteiger partial charge in [0.2, 0.25) is 0 Å². The molecular weight excluding hydrogens is 363 g/mol. The van der Waals surface area contributed by atoms with Crippen LogP contribution >= 0.6 is 26.8 Å². The Hall–Kier alpha value is -1.27. The molecule has 0 N–H and O–H groups in total. The van der Waals surface area contributed by atoms with Gasteiger partial charge in [0.15, 0.2) is 0 Å². The predicted molar refractivity (Wildman–Crippen MR) is 84.7 cm³/mol. The average molecular weight is 374 g/mol. The van der Waals surface area contributed by atoms with Gasteiger partial charge in [0.25, 0.3) is 0 Å². The third-order valence-corrected chi connectivity index (χ3v) is 5.79. The first-order valence-electron chi connectivity index (χ1n) is 6.20. The molecule has 0 bridgehead atoms. The van der Waals surface area contributed by atoms with Crippen LogP contribution in [-0.2, 0) is 11.9 Å². The van der Waals surface area contributed by atoms with Crippen molar-refractivity contribution in [3.63, 3.8) is 0 Å². The summed E-state index contributed by atoms with van der Waals surface area (Å²) in [5, 5.41) is 0. The number of alkyl halides is 3. The summed E-state index contributed by atoms with van der Waals surface area (Å²) < 4.78 is 38.6. The number of hydrogen-bond acceptors (Lipinski definition) is 1.